The van der Waals surface area contributed by atoms with E-state index in [0.717, 1.165) is 0 Å². The van der Waals surface area contributed by atoms with Crippen molar-refractivity contribution < 1.29 is 13.5 Å². The minimum atomic E-state index is -2.92. The van der Waals surface area contributed by atoms with Crippen molar-refractivity contribution in [3.05, 3.63) is 34.7 Å². The first-order chi connectivity index (χ1) is 8.54. The Labute approximate surface area is 99.5 Å². The molecule has 2 rings (SSSR count). The van der Waals surface area contributed by atoms with Gasteiger partial charge in [0.15, 0.2) is 0 Å². The Kier molecular flexibility index (Phi) is 3.18. The molecule has 3 N–H and O–H groups in total. The number of nitrogens with two attached hydrogens (primary N) is 1. The third-order valence-electron chi connectivity index (χ3n) is 2.00. The normalized spacial score (nSPS) is 10.6. The Balaban J connectivity index is 2.41. The van der Waals surface area contributed by atoms with Crippen LogP contribution in [-0.4, -0.2) is 21.6 Å². The van der Waals surface area contributed by atoms with Crippen molar-refractivity contribution >= 4 is 5.95 Å². The number of H-pyrrole nitrogens is 1. The molecular formula is C10H8F2N4O2. The number of ether oxygens (including phenoxy) is 1. The van der Waals surface area contributed by atoms with Crippen LogP contribution in [0.15, 0.2) is 29.1 Å². The molecule has 0 aliphatic heterocycles. The van der Waals surface area contributed by atoms with Crippen LogP contribution in [0.2, 0.25) is 0 Å². The molecule has 6 nitrogen and oxygen atoms in total. The van der Waals surface area contributed by atoms with Gasteiger partial charge in [-0.3, -0.25) is 4.98 Å². The van der Waals surface area contributed by atoms with E-state index in [-0.39, 0.29) is 17.5 Å². The van der Waals surface area contributed by atoms with Gasteiger partial charge in [0, 0.05) is 5.56 Å². The van der Waals surface area contributed by atoms with Crippen LogP contribution in [0.5, 0.6) is 5.75 Å². The predicted octanol–water partition coefficient (Wildman–Crippen LogP) is 1.02. The van der Waals surface area contributed by atoms with Crippen LogP contribution in [0.1, 0.15) is 0 Å². The highest BCUT2D eigenvalue weighted by molar-refractivity contribution is 5.57. The van der Waals surface area contributed by atoms with Crippen molar-refractivity contribution in [3.8, 4) is 17.1 Å². The molecular weight excluding hydrogens is 246 g/mol. The fourth-order valence-electron chi connectivity index (χ4n) is 1.36. The number of halogens is 2. The highest BCUT2D eigenvalue weighted by Crippen LogP contribution is 2.21. The number of nitrogens with one attached hydrogen (secondary N) is 1. The zero-order valence-corrected chi connectivity index (χ0v) is 8.93. The SMILES string of the molecule is Nc1nc(-c2cccc(OC(F)F)c2)[nH]c(=O)n1. The van der Waals surface area contributed by atoms with Crippen molar-refractivity contribution in [2.24, 2.45) is 0 Å². The minimum absolute atomic E-state index is 0.0412. The van der Waals surface area contributed by atoms with Crippen LogP contribution in [-0.2, 0) is 0 Å². The van der Waals surface area contributed by atoms with Gasteiger partial charge in [0.25, 0.3) is 0 Å². The summed E-state index contributed by atoms with van der Waals surface area (Å²) in [5.41, 5.74) is 5.04. The number of benzene rings is 1. The van der Waals surface area contributed by atoms with Gasteiger partial charge in [-0.15, -0.1) is 0 Å². The lowest BCUT2D eigenvalue weighted by molar-refractivity contribution is -0.0498. The average molecular weight is 254 g/mol. The Morgan fingerprint density at radius 3 is 2.78 bits per heavy atom. The maximum atomic E-state index is 12.1. The minimum Gasteiger partial charge on any atom is -0.435 e. The van der Waals surface area contributed by atoms with Crippen LogP contribution < -0.4 is 16.2 Å². The van der Waals surface area contributed by atoms with Gasteiger partial charge in [0.2, 0.25) is 5.95 Å². The lowest BCUT2D eigenvalue weighted by atomic mass is 10.2. The van der Waals surface area contributed by atoms with E-state index >= 15 is 0 Å². The van der Waals surface area contributed by atoms with Crippen molar-refractivity contribution in [1.29, 1.82) is 0 Å². The van der Waals surface area contributed by atoms with Crippen LogP contribution >= 0.6 is 0 Å². The largest absolute Gasteiger partial charge is 0.435 e. The second-order valence-corrected chi connectivity index (χ2v) is 3.27. The van der Waals surface area contributed by atoms with E-state index < -0.39 is 12.3 Å². The second kappa shape index (κ2) is 4.78. The molecule has 0 unspecified atom stereocenters. The third kappa shape index (κ3) is 2.78. The smallest absolute Gasteiger partial charge is 0.387 e. The topological polar surface area (TPSA) is 93.9 Å². The van der Waals surface area contributed by atoms with Crippen LogP contribution in [0.25, 0.3) is 11.4 Å². The highest BCUT2D eigenvalue weighted by Gasteiger charge is 2.07. The lowest BCUT2D eigenvalue weighted by Gasteiger charge is -2.06. The molecule has 1 aromatic heterocycles. The van der Waals surface area contributed by atoms with Gasteiger partial charge in [-0.05, 0) is 12.1 Å². The lowest BCUT2D eigenvalue weighted by Crippen LogP contribution is -2.15. The van der Waals surface area contributed by atoms with E-state index in [4.69, 9.17) is 5.73 Å². The molecule has 0 aliphatic rings. The summed E-state index contributed by atoms with van der Waals surface area (Å²) in [5, 5.41) is 0. The number of alkyl halides is 2. The Morgan fingerprint density at radius 1 is 1.33 bits per heavy atom. The molecule has 0 atom stereocenters. The summed E-state index contributed by atoms with van der Waals surface area (Å²) in [6.45, 7) is -2.92. The van der Waals surface area contributed by atoms with Crippen LogP contribution in [0.3, 0.4) is 0 Å². The molecule has 0 spiro atoms. The number of rotatable bonds is 3. The second-order valence-electron chi connectivity index (χ2n) is 3.27. The van der Waals surface area contributed by atoms with Gasteiger partial charge < -0.3 is 10.5 Å². The molecule has 8 heteroatoms. The first-order valence-corrected chi connectivity index (χ1v) is 4.83. The summed E-state index contributed by atoms with van der Waals surface area (Å²) in [6, 6.07) is 5.72. The number of hydrogen-bond donors (Lipinski definition) is 2. The van der Waals surface area contributed by atoms with Gasteiger partial charge in [-0.25, -0.2) is 4.79 Å². The van der Waals surface area contributed by atoms with Gasteiger partial charge in [-0.1, -0.05) is 12.1 Å². The number of anilines is 1. The first-order valence-electron chi connectivity index (χ1n) is 4.83. The number of aromatic amines is 1. The monoisotopic (exact) mass is 254 g/mol. The van der Waals surface area contributed by atoms with Gasteiger partial charge in [0.1, 0.15) is 11.6 Å². The van der Waals surface area contributed by atoms with Gasteiger partial charge in [0.05, 0.1) is 0 Å². The molecule has 1 heterocycles. The predicted molar refractivity (Wildman–Crippen MR) is 59.1 cm³/mol. The number of hydrogen-bond acceptors (Lipinski definition) is 5. The van der Waals surface area contributed by atoms with E-state index in [1.807, 2.05) is 0 Å². The van der Waals surface area contributed by atoms with E-state index in [9.17, 15) is 13.6 Å². The molecule has 0 aliphatic carbocycles. The standard InChI is InChI=1S/C10H8F2N4O2/c11-8(12)18-6-3-1-2-5(4-6)7-14-9(13)16-10(17)15-7/h1-4,8H,(H3,13,14,15,16,17). The quantitative estimate of drug-likeness (QED) is 0.852. The number of nitrogens with zero attached hydrogens (tertiary/aromatic N) is 2. The molecule has 0 fully saturated rings. The molecule has 0 saturated carbocycles. The maximum Gasteiger partial charge on any atom is 0.387 e. The summed E-state index contributed by atoms with van der Waals surface area (Å²) >= 11 is 0. The highest BCUT2D eigenvalue weighted by atomic mass is 19.3. The summed E-state index contributed by atoms with van der Waals surface area (Å²) in [5.74, 6) is -0.110. The van der Waals surface area contributed by atoms with Gasteiger partial charge >= 0.3 is 12.3 Å². The molecule has 18 heavy (non-hydrogen) atoms. The summed E-state index contributed by atoms with van der Waals surface area (Å²) in [4.78, 5) is 20.6. The fraction of sp³-hybridized carbons (Fsp3) is 0.100. The molecule has 0 amide bonds. The van der Waals surface area contributed by atoms with E-state index in [0.29, 0.717) is 5.56 Å². The molecule has 0 radical (unpaired) electrons. The Bertz CT molecular complexity index is 615. The molecule has 94 valence electrons. The van der Waals surface area contributed by atoms with E-state index in [2.05, 4.69) is 19.7 Å². The first kappa shape index (κ1) is 12.0. The van der Waals surface area contributed by atoms with Crippen LogP contribution in [0, 0.1) is 0 Å². The summed E-state index contributed by atoms with van der Waals surface area (Å²) in [6.07, 6.45) is 0. The Morgan fingerprint density at radius 2 is 2.11 bits per heavy atom. The Hall–Kier alpha value is -2.51. The van der Waals surface area contributed by atoms with Gasteiger partial charge in [-0.2, -0.15) is 18.7 Å². The van der Waals surface area contributed by atoms with Crippen molar-refractivity contribution in [3.63, 3.8) is 0 Å². The van der Waals surface area contributed by atoms with E-state index in [1.165, 1.54) is 18.2 Å². The zero-order chi connectivity index (χ0) is 13.1. The number of nitrogen functional groups attached to an aromatic ring is 1. The molecule has 2 aromatic rings. The van der Waals surface area contributed by atoms with E-state index in [1.54, 1.807) is 6.07 Å². The third-order valence-corrected chi connectivity index (χ3v) is 2.00. The molecule has 0 saturated heterocycles. The van der Waals surface area contributed by atoms with Crippen molar-refractivity contribution in [2.75, 3.05) is 5.73 Å². The van der Waals surface area contributed by atoms with Crippen molar-refractivity contribution in [1.82, 2.24) is 15.0 Å². The number of aromatic nitrogens is 3. The van der Waals surface area contributed by atoms with Crippen LogP contribution in [0.4, 0.5) is 14.7 Å². The molecule has 0 bridgehead atoms. The van der Waals surface area contributed by atoms with Crippen molar-refractivity contribution in [2.45, 2.75) is 6.61 Å². The summed E-state index contributed by atoms with van der Waals surface area (Å²) < 4.78 is 28.4. The maximum absolute atomic E-state index is 12.1. The average Bonchev–Trinajstić information content (AvgIpc) is 2.27. The summed E-state index contributed by atoms with van der Waals surface area (Å²) in [7, 11) is 0. The zero-order valence-electron chi connectivity index (χ0n) is 8.93. The fourth-order valence-corrected chi connectivity index (χ4v) is 1.36. The molecule has 1 aromatic carbocycles.